The summed E-state index contributed by atoms with van der Waals surface area (Å²) in [5.41, 5.74) is 4.05. The summed E-state index contributed by atoms with van der Waals surface area (Å²) in [6.45, 7) is 2.13. The Hall–Kier alpha value is -1.87. The van der Waals surface area contributed by atoms with Gasteiger partial charge in [0, 0.05) is 26.4 Å². The quantitative estimate of drug-likeness (QED) is 0.565. The van der Waals surface area contributed by atoms with Crippen molar-refractivity contribution in [1.82, 2.24) is 4.90 Å². The highest BCUT2D eigenvalue weighted by Crippen LogP contribution is 2.48. The number of allylic oxidation sites excluding steroid dienone is 2. The molecule has 1 aromatic carbocycles. The number of aliphatic hydroxyl groups is 1. The van der Waals surface area contributed by atoms with Crippen LogP contribution in [0.5, 0.6) is 0 Å². The summed E-state index contributed by atoms with van der Waals surface area (Å²) in [4.78, 5) is 13.3. The van der Waals surface area contributed by atoms with Gasteiger partial charge in [0.2, 0.25) is 5.91 Å². The van der Waals surface area contributed by atoms with Gasteiger partial charge >= 0.3 is 0 Å². The first kappa shape index (κ1) is 19.9. The fraction of sp³-hybridized carbons (Fsp3) is 0.542. The molecular weight excluding hydrogens is 334 g/mol. The zero-order chi connectivity index (χ0) is 19.4. The lowest BCUT2D eigenvalue weighted by Gasteiger charge is -2.18. The summed E-state index contributed by atoms with van der Waals surface area (Å²) in [5, 5.41) is 10.5. The van der Waals surface area contributed by atoms with Gasteiger partial charge in [-0.3, -0.25) is 4.79 Å². The highest BCUT2D eigenvalue weighted by molar-refractivity contribution is 5.75. The molecule has 1 aromatic rings. The van der Waals surface area contributed by atoms with E-state index in [-0.39, 0.29) is 17.9 Å². The van der Waals surface area contributed by atoms with Crippen molar-refractivity contribution in [3.05, 3.63) is 53.1 Å². The normalized spacial score (nSPS) is 27.0. The standard InChI is InChI=1S/C24H33NO2/c1-17-8-4-6-10-19(17)12-13-21-22-15-18(14-20(22)16-23(21)26)9-5-7-11-24(27)25(2)3/h4,6,8,10,12-14,20-23,26H,5,7,9,11,15-16H2,1-3H3/b13-12+/t20-,21+,22-,23+/m0/s1. The zero-order valence-electron chi connectivity index (χ0n) is 16.9. The number of unbranched alkanes of at least 4 members (excludes halogenated alkanes) is 1. The van der Waals surface area contributed by atoms with E-state index in [9.17, 15) is 9.90 Å². The summed E-state index contributed by atoms with van der Waals surface area (Å²) >= 11 is 0. The Balaban J connectivity index is 1.52. The van der Waals surface area contributed by atoms with Crippen molar-refractivity contribution in [1.29, 1.82) is 0 Å². The second kappa shape index (κ2) is 8.88. The van der Waals surface area contributed by atoms with Crippen LogP contribution in [0.2, 0.25) is 0 Å². The Morgan fingerprint density at radius 3 is 2.78 bits per heavy atom. The van der Waals surface area contributed by atoms with Gasteiger partial charge in [-0.15, -0.1) is 0 Å². The average Bonchev–Trinajstić information content (AvgIpc) is 3.14. The Labute approximate surface area is 163 Å². The average molecular weight is 368 g/mol. The minimum absolute atomic E-state index is 0.219. The molecule has 3 nitrogen and oxygen atoms in total. The molecule has 0 radical (unpaired) electrons. The molecule has 0 saturated heterocycles. The van der Waals surface area contributed by atoms with Crippen molar-refractivity contribution in [2.75, 3.05) is 14.1 Å². The van der Waals surface area contributed by atoms with E-state index in [2.05, 4.69) is 49.4 Å². The first-order valence-corrected chi connectivity index (χ1v) is 10.3. The summed E-state index contributed by atoms with van der Waals surface area (Å²) < 4.78 is 0. The minimum atomic E-state index is -0.226. The third-order valence-corrected chi connectivity index (χ3v) is 6.27. The predicted molar refractivity (Wildman–Crippen MR) is 111 cm³/mol. The van der Waals surface area contributed by atoms with Gasteiger partial charge in [-0.25, -0.2) is 0 Å². The van der Waals surface area contributed by atoms with Gasteiger partial charge in [0.1, 0.15) is 0 Å². The number of carbonyl (C=O) groups is 1. The molecule has 3 rings (SSSR count). The molecule has 0 aromatic heterocycles. The smallest absolute Gasteiger partial charge is 0.222 e. The van der Waals surface area contributed by atoms with E-state index < -0.39 is 0 Å². The number of hydrogen-bond donors (Lipinski definition) is 1. The van der Waals surface area contributed by atoms with Crippen molar-refractivity contribution in [3.8, 4) is 0 Å². The van der Waals surface area contributed by atoms with Crippen molar-refractivity contribution >= 4 is 12.0 Å². The second-order valence-corrected chi connectivity index (χ2v) is 8.45. The van der Waals surface area contributed by atoms with Crippen LogP contribution in [0.3, 0.4) is 0 Å². The van der Waals surface area contributed by atoms with E-state index in [1.807, 2.05) is 14.1 Å². The first-order valence-electron chi connectivity index (χ1n) is 10.3. The van der Waals surface area contributed by atoms with E-state index in [1.165, 1.54) is 16.7 Å². The SMILES string of the molecule is Cc1ccccc1/C=C/[C@@H]1[C@H]2CC(CCCCC(=O)N(C)C)=C[C@H]2C[C@H]1O. The predicted octanol–water partition coefficient (Wildman–Crippen LogP) is 4.60. The monoisotopic (exact) mass is 367 g/mol. The van der Waals surface area contributed by atoms with Gasteiger partial charge in [-0.2, -0.15) is 0 Å². The maximum atomic E-state index is 11.7. The molecular formula is C24H33NO2. The highest BCUT2D eigenvalue weighted by atomic mass is 16.3. The van der Waals surface area contributed by atoms with Gasteiger partial charge in [0.25, 0.3) is 0 Å². The number of aryl methyl sites for hydroxylation is 1. The molecule has 2 aliphatic carbocycles. The fourth-order valence-electron chi connectivity index (χ4n) is 4.63. The van der Waals surface area contributed by atoms with Crippen LogP contribution in [-0.4, -0.2) is 36.1 Å². The van der Waals surface area contributed by atoms with Gasteiger partial charge in [0.15, 0.2) is 0 Å². The van der Waals surface area contributed by atoms with Crippen molar-refractivity contribution in [2.24, 2.45) is 17.8 Å². The number of hydrogen-bond acceptors (Lipinski definition) is 2. The topological polar surface area (TPSA) is 40.5 Å². The van der Waals surface area contributed by atoms with Crippen LogP contribution < -0.4 is 0 Å². The zero-order valence-corrected chi connectivity index (χ0v) is 16.9. The molecule has 146 valence electrons. The molecule has 4 atom stereocenters. The molecule has 0 unspecified atom stereocenters. The molecule has 0 spiro atoms. The van der Waals surface area contributed by atoms with E-state index in [0.29, 0.717) is 18.3 Å². The largest absolute Gasteiger partial charge is 0.392 e. The Kier molecular flexibility index (Phi) is 6.54. The van der Waals surface area contributed by atoms with E-state index in [4.69, 9.17) is 0 Å². The fourth-order valence-corrected chi connectivity index (χ4v) is 4.63. The van der Waals surface area contributed by atoms with Crippen LogP contribution >= 0.6 is 0 Å². The number of fused-ring (bicyclic) bond motifs is 1. The Morgan fingerprint density at radius 1 is 1.26 bits per heavy atom. The van der Waals surface area contributed by atoms with Crippen LogP contribution in [0.4, 0.5) is 0 Å². The van der Waals surface area contributed by atoms with Gasteiger partial charge < -0.3 is 10.0 Å². The summed E-state index contributed by atoms with van der Waals surface area (Å²) in [7, 11) is 3.64. The molecule has 1 fully saturated rings. The van der Waals surface area contributed by atoms with E-state index in [0.717, 1.165) is 32.1 Å². The molecule has 0 bridgehead atoms. The number of benzene rings is 1. The minimum Gasteiger partial charge on any atom is -0.392 e. The summed E-state index contributed by atoms with van der Waals surface area (Å²) in [6.07, 6.45) is 12.4. The molecule has 0 aliphatic heterocycles. The van der Waals surface area contributed by atoms with Crippen LogP contribution in [-0.2, 0) is 4.79 Å². The van der Waals surface area contributed by atoms with E-state index in [1.54, 1.807) is 4.90 Å². The maximum absolute atomic E-state index is 11.7. The lowest BCUT2D eigenvalue weighted by atomic mass is 9.88. The molecule has 3 heteroatoms. The van der Waals surface area contributed by atoms with E-state index >= 15 is 0 Å². The maximum Gasteiger partial charge on any atom is 0.222 e. The molecule has 27 heavy (non-hydrogen) atoms. The molecule has 2 aliphatic rings. The Morgan fingerprint density at radius 2 is 2.04 bits per heavy atom. The molecule has 1 saturated carbocycles. The molecule has 0 heterocycles. The molecule has 1 amide bonds. The van der Waals surface area contributed by atoms with Crippen LogP contribution in [0.15, 0.2) is 42.0 Å². The number of nitrogens with zero attached hydrogens (tertiary/aromatic N) is 1. The van der Waals surface area contributed by atoms with Crippen LogP contribution in [0, 0.1) is 24.7 Å². The number of carbonyl (C=O) groups excluding carboxylic acids is 1. The number of amides is 1. The Bertz CT molecular complexity index is 719. The van der Waals surface area contributed by atoms with Crippen molar-refractivity contribution < 1.29 is 9.90 Å². The lowest BCUT2D eigenvalue weighted by molar-refractivity contribution is -0.128. The first-order chi connectivity index (χ1) is 13.0. The van der Waals surface area contributed by atoms with Gasteiger partial charge in [-0.05, 0) is 62.0 Å². The van der Waals surface area contributed by atoms with Gasteiger partial charge in [-0.1, -0.05) is 48.1 Å². The molecule has 1 N–H and O–H groups in total. The lowest BCUT2D eigenvalue weighted by Crippen LogP contribution is -2.21. The van der Waals surface area contributed by atoms with Crippen molar-refractivity contribution in [3.63, 3.8) is 0 Å². The van der Waals surface area contributed by atoms with Crippen LogP contribution in [0.1, 0.15) is 49.7 Å². The second-order valence-electron chi connectivity index (χ2n) is 8.45. The van der Waals surface area contributed by atoms with Crippen molar-refractivity contribution in [2.45, 2.75) is 51.6 Å². The highest BCUT2D eigenvalue weighted by Gasteiger charge is 2.43. The van der Waals surface area contributed by atoms with Gasteiger partial charge in [0.05, 0.1) is 6.10 Å². The third-order valence-electron chi connectivity index (χ3n) is 6.27. The summed E-state index contributed by atoms with van der Waals surface area (Å²) in [5.74, 6) is 1.53. The van der Waals surface area contributed by atoms with Crippen LogP contribution in [0.25, 0.3) is 6.08 Å². The number of aliphatic hydroxyl groups excluding tert-OH is 1. The third kappa shape index (κ3) is 4.90. The number of rotatable bonds is 7. The summed E-state index contributed by atoms with van der Waals surface area (Å²) in [6, 6.07) is 8.39.